The molecule has 0 radical (unpaired) electrons. The van der Waals surface area contributed by atoms with Gasteiger partial charge in [-0.3, -0.25) is 0 Å². The average molecular weight is 495 g/mol. The standard InChI is InChI=1S/C24H25F3N2O4S/c1-15(2)22(23(30)33-3)29-20-13-16(12-17-8-4-5-9-18(17)20)14-28-34(31,32)21-11-7-6-10-19(21)24(25,26)27/h4-13,15,22,28-29H,14H2,1-3H3/t22-/m0/s1. The predicted octanol–water partition coefficient (Wildman–Crippen LogP) is 4.95. The lowest BCUT2D eigenvalue weighted by molar-refractivity contribution is -0.142. The summed E-state index contributed by atoms with van der Waals surface area (Å²) in [5, 5.41) is 4.74. The molecule has 10 heteroatoms. The summed E-state index contributed by atoms with van der Waals surface area (Å²) in [6.07, 6.45) is -4.81. The van der Waals surface area contributed by atoms with Crippen LogP contribution < -0.4 is 10.0 Å². The van der Waals surface area contributed by atoms with Gasteiger partial charge in [-0.15, -0.1) is 0 Å². The summed E-state index contributed by atoms with van der Waals surface area (Å²) in [6, 6.07) is 14.1. The number of carbonyl (C=O) groups is 1. The first-order valence-electron chi connectivity index (χ1n) is 10.5. The maximum atomic E-state index is 13.3. The molecule has 0 amide bonds. The SMILES string of the molecule is COC(=O)[C@@H](Nc1cc(CNS(=O)(=O)c2ccccc2C(F)(F)F)cc2ccccc12)C(C)C. The van der Waals surface area contributed by atoms with Gasteiger partial charge in [-0.2, -0.15) is 13.2 Å². The van der Waals surface area contributed by atoms with Gasteiger partial charge in [0.2, 0.25) is 10.0 Å². The Morgan fingerprint density at radius 3 is 2.32 bits per heavy atom. The van der Waals surface area contributed by atoms with Gasteiger partial charge in [-0.1, -0.05) is 50.2 Å². The second-order valence-corrected chi connectivity index (χ2v) is 9.81. The van der Waals surface area contributed by atoms with Crippen LogP contribution in [0.2, 0.25) is 0 Å². The minimum atomic E-state index is -4.81. The first kappa shape index (κ1) is 25.5. The van der Waals surface area contributed by atoms with E-state index >= 15 is 0 Å². The maximum Gasteiger partial charge on any atom is 0.417 e. The number of methoxy groups -OCH3 is 1. The second-order valence-electron chi connectivity index (χ2n) is 8.07. The van der Waals surface area contributed by atoms with Crippen molar-refractivity contribution in [3.8, 4) is 0 Å². The fourth-order valence-corrected chi connectivity index (χ4v) is 4.82. The molecule has 0 heterocycles. The van der Waals surface area contributed by atoms with E-state index in [0.29, 0.717) is 11.3 Å². The molecule has 0 unspecified atom stereocenters. The Morgan fingerprint density at radius 2 is 1.68 bits per heavy atom. The molecule has 3 aromatic carbocycles. The van der Waals surface area contributed by atoms with Gasteiger partial charge in [0, 0.05) is 17.6 Å². The largest absolute Gasteiger partial charge is 0.467 e. The fourth-order valence-electron chi connectivity index (χ4n) is 3.58. The maximum absolute atomic E-state index is 13.3. The quantitative estimate of drug-likeness (QED) is 0.433. The van der Waals surface area contributed by atoms with Crippen molar-refractivity contribution < 1.29 is 31.1 Å². The molecule has 0 aliphatic heterocycles. The monoisotopic (exact) mass is 494 g/mol. The van der Waals surface area contributed by atoms with Crippen LogP contribution in [-0.4, -0.2) is 27.5 Å². The number of sulfonamides is 1. The summed E-state index contributed by atoms with van der Waals surface area (Å²) < 4.78 is 72.5. The number of esters is 1. The van der Waals surface area contributed by atoms with Crippen LogP contribution in [0, 0.1) is 5.92 Å². The zero-order chi connectivity index (χ0) is 25.1. The van der Waals surface area contributed by atoms with Crippen LogP contribution in [0.3, 0.4) is 0 Å². The number of nitrogens with one attached hydrogen (secondary N) is 2. The number of fused-ring (bicyclic) bond motifs is 1. The topological polar surface area (TPSA) is 84.5 Å². The number of hydrogen-bond donors (Lipinski definition) is 2. The molecule has 6 nitrogen and oxygen atoms in total. The van der Waals surface area contributed by atoms with Crippen LogP contribution in [0.4, 0.5) is 18.9 Å². The van der Waals surface area contributed by atoms with Crippen molar-refractivity contribution in [2.75, 3.05) is 12.4 Å². The van der Waals surface area contributed by atoms with Gasteiger partial charge >= 0.3 is 12.1 Å². The lowest BCUT2D eigenvalue weighted by Gasteiger charge is -2.22. The van der Waals surface area contributed by atoms with Gasteiger partial charge in [-0.25, -0.2) is 17.9 Å². The van der Waals surface area contributed by atoms with Crippen molar-refractivity contribution >= 4 is 32.5 Å². The van der Waals surface area contributed by atoms with E-state index in [0.717, 1.165) is 29.0 Å². The van der Waals surface area contributed by atoms with Gasteiger partial charge in [0.15, 0.2) is 0 Å². The van der Waals surface area contributed by atoms with E-state index < -0.39 is 38.7 Å². The number of halogens is 3. The highest BCUT2D eigenvalue weighted by atomic mass is 32.2. The Morgan fingerprint density at radius 1 is 1.03 bits per heavy atom. The summed E-state index contributed by atoms with van der Waals surface area (Å²) >= 11 is 0. The molecule has 34 heavy (non-hydrogen) atoms. The minimum absolute atomic E-state index is 0.104. The first-order chi connectivity index (χ1) is 15.9. The summed E-state index contributed by atoms with van der Waals surface area (Å²) in [5.41, 5.74) is -0.157. The molecule has 3 aromatic rings. The Hall–Kier alpha value is -3.11. The fraction of sp³-hybridized carbons (Fsp3) is 0.292. The molecule has 182 valence electrons. The summed E-state index contributed by atoms with van der Waals surface area (Å²) in [4.78, 5) is 11.4. The summed E-state index contributed by atoms with van der Waals surface area (Å²) in [5.74, 6) is -0.554. The van der Waals surface area contributed by atoms with Gasteiger partial charge in [0.25, 0.3) is 0 Å². The number of carbonyl (C=O) groups excluding carboxylic acids is 1. The van der Waals surface area contributed by atoms with E-state index in [2.05, 4.69) is 10.0 Å². The Bertz CT molecular complexity index is 1290. The number of alkyl halides is 3. The van der Waals surface area contributed by atoms with Crippen molar-refractivity contribution in [2.24, 2.45) is 5.92 Å². The van der Waals surface area contributed by atoms with Crippen molar-refractivity contribution in [3.63, 3.8) is 0 Å². The van der Waals surface area contributed by atoms with Crippen molar-refractivity contribution in [3.05, 3.63) is 71.8 Å². The van der Waals surface area contributed by atoms with Gasteiger partial charge < -0.3 is 10.1 Å². The minimum Gasteiger partial charge on any atom is -0.467 e. The molecular formula is C24H25F3N2O4S. The predicted molar refractivity (Wildman–Crippen MR) is 124 cm³/mol. The number of rotatable bonds is 8. The molecule has 2 N–H and O–H groups in total. The normalized spacial score (nSPS) is 13.1. The van der Waals surface area contributed by atoms with Crippen LogP contribution in [0.25, 0.3) is 10.8 Å². The summed E-state index contributed by atoms with van der Waals surface area (Å²) in [7, 11) is -3.16. The Labute approximate surface area is 196 Å². The van der Waals surface area contributed by atoms with E-state index in [1.807, 2.05) is 32.0 Å². The van der Waals surface area contributed by atoms with E-state index in [1.54, 1.807) is 18.2 Å². The first-order valence-corrected chi connectivity index (χ1v) is 11.9. The zero-order valence-electron chi connectivity index (χ0n) is 18.8. The average Bonchev–Trinajstić information content (AvgIpc) is 2.80. The number of benzene rings is 3. The Kier molecular flexibility index (Phi) is 7.52. The third-order valence-electron chi connectivity index (χ3n) is 5.30. The molecule has 0 aromatic heterocycles. The zero-order valence-corrected chi connectivity index (χ0v) is 19.6. The van der Waals surface area contributed by atoms with Crippen LogP contribution >= 0.6 is 0 Å². The van der Waals surface area contributed by atoms with Crippen LogP contribution in [0.5, 0.6) is 0 Å². The van der Waals surface area contributed by atoms with E-state index in [9.17, 15) is 26.4 Å². The summed E-state index contributed by atoms with van der Waals surface area (Å²) in [6.45, 7) is 3.46. The number of anilines is 1. The molecule has 0 aliphatic carbocycles. The molecule has 3 rings (SSSR count). The number of ether oxygens (including phenoxy) is 1. The Balaban J connectivity index is 1.95. The van der Waals surface area contributed by atoms with Gasteiger partial charge in [0.05, 0.1) is 17.6 Å². The highest BCUT2D eigenvalue weighted by Crippen LogP contribution is 2.34. The lowest BCUT2D eigenvalue weighted by Crippen LogP contribution is -2.35. The van der Waals surface area contributed by atoms with Crippen molar-refractivity contribution in [2.45, 2.75) is 37.5 Å². The van der Waals surface area contributed by atoms with Crippen LogP contribution in [-0.2, 0) is 32.3 Å². The van der Waals surface area contributed by atoms with E-state index in [4.69, 9.17) is 4.74 Å². The lowest BCUT2D eigenvalue weighted by atomic mass is 10.0. The third-order valence-corrected chi connectivity index (χ3v) is 6.76. The molecule has 0 bridgehead atoms. The third kappa shape index (κ3) is 5.68. The second kappa shape index (κ2) is 10.0. The molecule has 0 saturated carbocycles. The molecule has 0 saturated heterocycles. The van der Waals surface area contributed by atoms with Gasteiger partial charge in [-0.05, 0) is 41.1 Å². The van der Waals surface area contributed by atoms with Crippen molar-refractivity contribution in [1.29, 1.82) is 0 Å². The van der Waals surface area contributed by atoms with Crippen molar-refractivity contribution in [1.82, 2.24) is 4.72 Å². The molecule has 1 atom stereocenters. The molecule has 0 spiro atoms. The highest BCUT2D eigenvalue weighted by Gasteiger charge is 2.36. The smallest absolute Gasteiger partial charge is 0.417 e. The van der Waals surface area contributed by atoms with Crippen LogP contribution in [0.15, 0.2) is 65.6 Å². The number of hydrogen-bond acceptors (Lipinski definition) is 5. The molecular weight excluding hydrogens is 469 g/mol. The van der Waals surface area contributed by atoms with E-state index in [1.165, 1.54) is 13.2 Å². The van der Waals surface area contributed by atoms with E-state index in [-0.39, 0.29) is 12.5 Å². The van der Waals surface area contributed by atoms with Crippen LogP contribution in [0.1, 0.15) is 25.0 Å². The molecule has 0 fully saturated rings. The van der Waals surface area contributed by atoms with Gasteiger partial charge in [0.1, 0.15) is 6.04 Å². The molecule has 0 aliphatic rings. The highest BCUT2D eigenvalue weighted by molar-refractivity contribution is 7.89.